The minimum absolute atomic E-state index is 0.218. The van der Waals surface area contributed by atoms with Crippen molar-refractivity contribution in [3.63, 3.8) is 0 Å². The molecule has 5 nitrogen and oxygen atoms in total. The number of anilines is 2. The zero-order chi connectivity index (χ0) is 14.7. The molecule has 0 unspecified atom stereocenters. The van der Waals surface area contributed by atoms with E-state index in [-0.39, 0.29) is 5.69 Å². The maximum absolute atomic E-state index is 13.7. The molecular weight excluding hydrogens is 261 g/mol. The summed E-state index contributed by atoms with van der Waals surface area (Å²) < 4.78 is 13.7. The topological polar surface area (TPSA) is 79.5 Å². The summed E-state index contributed by atoms with van der Waals surface area (Å²) >= 11 is 0. The summed E-state index contributed by atoms with van der Waals surface area (Å²) in [5.41, 5.74) is 6.97. The van der Waals surface area contributed by atoms with Crippen LogP contribution in [0.2, 0.25) is 0 Å². The van der Waals surface area contributed by atoms with Crippen molar-refractivity contribution in [1.82, 2.24) is 4.98 Å². The van der Waals surface area contributed by atoms with Gasteiger partial charge in [-0.3, -0.25) is 4.98 Å². The molecule has 0 radical (unpaired) electrons. The number of nitrogen functional groups attached to an aromatic ring is 1. The Morgan fingerprint density at radius 3 is 2.85 bits per heavy atom. The van der Waals surface area contributed by atoms with E-state index in [1.165, 1.54) is 0 Å². The summed E-state index contributed by atoms with van der Waals surface area (Å²) in [6.07, 6.45) is 3.37. The van der Waals surface area contributed by atoms with Crippen LogP contribution in [0.25, 0.3) is 0 Å². The highest BCUT2D eigenvalue weighted by Gasteiger charge is 2.15. The largest absolute Gasteiger partial charge is 0.478 e. The molecular formula is C14H14FN3O2. The van der Waals surface area contributed by atoms with E-state index in [1.807, 2.05) is 6.07 Å². The fourth-order valence-corrected chi connectivity index (χ4v) is 1.92. The number of aromatic nitrogens is 1. The minimum atomic E-state index is -1.34. The van der Waals surface area contributed by atoms with Gasteiger partial charge in [-0.2, -0.15) is 0 Å². The highest BCUT2D eigenvalue weighted by atomic mass is 19.1. The van der Waals surface area contributed by atoms with E-state index in [0.29, 0.717) is 12.2 Å². The molecule has 6 heteroatoms. The molecule has 20 heavy (non-hydrogen) atoms. The molecule has 0 saturated heterocycles. The molecule has 0 saturated carbocycles. The molecule has 0 atom stereocenters. The molecule has 0 aliphatic carbocycles. The summed E-state index contributed by atoms with van der Waals surface area (Å²) in [6, 6.07) is 5.96. The van der Waals surface area contributed by atoms with Crippen LogP contribution in [0.1, 0.15) is 15.9 Å². The van der Waals surface area contributed by atoms with Gasteiger partial charge in [0.1, 0.15) is 5.82 Å². The summed E-state index contributed by atoms with van der Waals surface area (Å²) in [6.45, 7) is 0.490. The van der Waals surface area contributed by atoms with Crippen molar-refractivity contribution in [2.45, 2.75) is 6.54 Å². The van der Waals surface area contributed by atoms with Crippen LogP contribution in [0.3, 0.4) is 0 Å². The van der Waals surface area contributed by atoms with E-state index in [1.54, 1.807) is 30.4 Å². The molecule has 0 fully saturated rings. The Bertz CT molecular complexity index is 632. The van der Waals surface area contributed by atoms with Crippen LogP contribution in [-0.4, -0.2) is 23.1 Å². The van der Waals surface area contributed by atoms with E-state index in [9.17, 15) is 9.18 Å². The number of carboxylic acid groups (broad SMARTS) is 1. The molecule has 2 rings (SSSR count). The Hall–Kier alpha value is -2.63. The predicted octanol–water partition coefficient (Wildman–Crippen LogP) is 2.14. The smallest absolute Gasteiger partial charge is 0.338 e. The van der Waals surface area contributed by atoms with Gasteiger partial charge >= 0.3 is 5.97 Å². The number of halogens is 1. The number of pyridine rings is 1. The molecule has 1 aromatic carbocycles. The molecule has 1 heterocycles. The molecule has 0 bridgehead atoms. The van der Waals surface area contributed by atoms with Gasteiger partial charge in [0.05, 0.1) is 16.9 Å². The number of hydrogen-bond acceptors (Lipinski definition) is 4. The van der Waals surface area contributed by atoms with E-state index < -0.39 is 17.3 Å². The predicted molar refractivity (Wildman–Crippen MR) is 74.1 cm³/mol. The maximum atomic E-state index is 13.7. The van der Waals surface area contributed by atoms with Crippen molar-refractivity contribution in [3.05, 3.63) is 53.6 Å². The first-order valence-electron chi connectivity index (χ1n) is 5.91. The van der Waals surface area contributed by atoms with E-state index in [0.717, 1.165) is 17.7 Å². The van der Waals surface area contributed by atoms with Gasteiger partial charge in [-0.1, -0.05) is 6.07 Å². The van der Waals surface area contributed by atoms with E-state index >= 15 is 0 Å². The lowest BCUT2D eigenvalue weighted by atomic mass is 10.1. The Labute approximate surface area is 115 Å². The highest BCUT2D eigenvalue weighted by Crippen LogP contribution is 2.27. The van der Waals surface area contributed by atoms with Crippen LogP contribution in [0, 0.1) is 5.82 Å². The summed E-state index contributed by atoms with van der Waals surface area (Å²) in [7, 11) is 1.75. The summed E-state index contributed by atoms with van der Waals surface area (Å²) in [5.74, 6) is -2.14. The van der Waals surface area contributed by atoms with E-state index in [4.69, 9.17) is 10.8 Å². The van der Waals surface area contributed by atoms with Gasteiger partial charge in [0.15, 0.2) is 0 Å². The van der Waals surface area contributed by atoms with Crippen LogP contribution < -0.4 is 10.6 Å². The van der Waals surface area contributed by atoms with Gasteiger partial charge in [-0.25, -0.2) is 9.18 Å². The second-order valence-corrected chi connectivity index (χ2v) is 4.41. The zero-order valence-electron chi connectivity index (χ0n) is 10.9. The average molecular weight is 275 g/mol. The minimum Gasteiger partial charge on any atom is -0.478 e. The van der Waals surface area contributed by atoms with Crippen LogP contribution >= 0.6 is 0 Å². The van der Waals surface area contributed by atoms with Crippen LogP contribution in [0.5, 0.6) is 0 Å². The number of nitrogens with zero attached hydrogens (tertiary/aromatic N) is 2. The van der Waals surface area contributed by atoms with Crippen molar-refractivity contribution in [1.29, 1.82) is 0 Å². The first kappa shape index (κ1) is 13.8. The van der Waals surface area contributed by atoms with Crippen LogP contribution in [0.4, 0.5) is 15.8 Å². The van der Waals surface area contributed by atoms with Gasteiger partial charge in [0, 0.05) is 32.1 Å². The van der Waals surface area contributed by atoms with Crippen molar-refractivity contribution in [2.24, 2.45) is 0 Å². The molecule has 0 aliphatic rings. The number of rotatable bonds is 4. The number of benzene rings is 1. The number of carbonyl (C=O) groups is 1. The number of nitrogens with two attached hydrogens (primary N) is 1. The number of aromatic carboxylic acids is 1. The molecule has 0 amide bonds. The monoisotopic (exact) mass is 275 g/mol. The Kier molecular flexibility index (Phi) is 3.84. The SMILES string of the molecule is CN(Cc1cccnc1)c1cc(F)c(C(=O)O)cc1N. The Balaban J connectivity index is 2.29. The highest BCUT2D eigenvalue weighted by molar-refractivity contribution is 5.90. The Morgan fingerprint density at radius 2 is 2.25 bits per heavy atom. The first-order valence-corrected chi connectivity index (χ1v) is 5.91. The third-order valence-corrected chi connectivity index (χ3v) is 2.90. The lowest BCUT2D eigenvalue weighted by molar-refractivity contribution is 0.0692. The molecule has 1 aromatic heterocycles. The standard InChI is InChI=1S/C14H14FN3O2/c1-18(8-9-3-2-4-17-7-9)13-6-11(15)10(14(19)20)5-12(13)16/h2-7H,8,16H2,1H3,(H,19,20). The lowest BCUT2D eigenvalue weighted by Crippen LogP contribution is -2.19. The van der Waals surface area contributed by atoms with Crippen LogP contribution in [0.15, 0.2) is 36.7 Å². The molecule has 104 valence electrons. The van der Waals surface area contributed by atoms with Crippen molar-refractivity contribution < 1.29 is 14.3 Å². The quantitative estimate of drug-likeness (QED) is 0.836. The van der Waals surface area contributed by atoms with Gasteiger partial charge in [0.25, 0.3) is 0 Å². The van der Waals surface area contributed by atoms with Gasteiger partial charge in [0.2, 0.25) is 0 Å². The third-order valence-electron chi connectivity index (χ3n) is 2.90. The third kappa shape index (κ3) is 2.85. The first-order chi connectivity index (χ1) is 9.49. The summed E-state index contributed by atoms with van der Waals surface area (Å²) in [5, 5.41) is 8.84. The summed E-state index contributed by atoms with van der Waals surface area (Å²) in [4.78, 5) is 16.6. The van der Waals surface area contributed by atoms with Crippen molar-refractivity contribution in [2.75, 3.05) is 17.7 Å². The number of hydrogen-bond donors (Lipinski definition) is 2. The number of carboxylic acids is 1. The van der Waals surface area contributed by atoms with Crippen LogP contribution in [-0.2, 0) is 6.54 Å². The normalized spacial score (nSPS) is 10.3. The lowest BCUT2D eigenvalue weighted by Gasteiger charge is -2.21. The van der Waals surface area contributed by atoms with Crippen molar-refractivity contribution in [3.8, 4) is 0 Å². The molecule has 0 aliphatic heterocycles. The van der Waals surface area contributed by atoms with Gasteiger partial charge in [-0.15, -0.1) is 0 Å². The van der Waals surface area contributed by atoms with Crippen molar-refractivity contribution >= 4 is 17.3 Å². The van der Waals surface area contributed by atoms with E-state index in [2.05, 4.69) is 4.98 Å². The van der Waals surface area contributed by atoms with Gasteiger partial charge < -0.3 is 15.7 Å². The second kappa shape index (κ2) is 5.56. The maximum Gasteiger partial charge on any atom is 0.338 e. The molecule has 0 spiro atoms. The fourth-order valence-electron chi connectivity index (χ4n) is 1.92. The fraction of sp³-hybridized carbons (Fsp3) is 0.143. The zero-order valence-corrected chi connectivity index (χ0v) is 10.9. The molecule has 3 N–H and O–H groups in total. The molecule has 2 aromatic rings. The second-order valence-electron chi connectivity index (χ2n) is 4.41. The Morgan fingerprint density at radius 1 is 1.50 bits per heavy atom. The van der Waals surface area contributed by atoms with Gasteiger partial charge in [-0.05, 0) is 17.7 Å². The average Bonchev–Trinajstić information content (AvgIpc) is 2.41.